The Labute approximate surface area is 97.0 Å². The van der Waals surface area contributed by atoms with Crippen molar-refractivity contribution in [3.05, 3.63) is 11.7 Å². The molecule has 0 atom stereocenters. The summed E-state index contributed by atoms with van der Waals surface area (Å²) >= 11 is 0. The van der Waals surface area contributed by atoms with Crippen molar-refractivity contribution in [1.29, 1.82) is 0 Å². The predicted molar refractivity (Wildman–Crippen MR) is 62.3 cm³/mol. The van der Waals surface area contributed by atoms with Gasteiger partial charge < -0.3 is 4.52 Å². The third-order valence-electron chi connectivity index (χ3n) is 3.35. The van der Waals surface area contributed by atoms with E-state index in [1.165, 1.54) is 0 Å². The molecule has 16 heavy (non-hydrogen) atoms. The summed E-state index contributed by atoms with van der Waals surface area (Å²) in [5, 5.41) is 4.02. The van der Waals surface area contributed by atoms with E-state index in [4.69, 9.17) is 4.52 Å². The average Bonchev–Trinajstić information content (AvgIpc) is 2.64. The van der Waals surface area contributed by atoms with Crippen LogP contribution >= 0.6 is 0 Å². The lowest BCUT2D eigenvalue weighted by Gasteiger charge is -2.40. The SMILES string of the molecule is Cc1nc(C2CCN(C(C)(C)C)CC2)no1. The van der Waals surface area contributed by atoms with E-state index in [0.29, 0.717) is 11.8 Å². The van der Waals surface area contributed by atoms with Gasteiger partial charge in [0.1, 0.15) is 0 Å². The maximum atomic E-state index is 5.04. The Balaban J connectivity index is 1.95. The van der Waals surface area contributed by atoms with E-state index in [9.17, 15) is 0 Å². The molecule has 1 fully saturated rings. The van der Waals surface area contributed by atoms with Crippen LogP contribution in [0.1, 0.15) is 51.2 Å². The lowest BCUT2D eigenvalue weighted by molar-refractivity contribution is 0.100. The third-order valence-corrected chi connectivity index (χ3v) is 3.35. The van der Waals surface area contributed by atoms with Crippen LogP contribution in [0, 0.1) is 6.92 Å². The molecule has 2 heterocycles. The molecule has 0 radical (unpaired) electrons. The van der Waals surface area contributed by atoms with Gasteiger partial charge in [0, 0.05) is 18.4 Å². The predicted octanol–water partition coefficient (Wildman–Crippen LogP) is 2.36. The van der Waals surface area contributed by atoms with Crippen molar-refractivity contribution in [2.24, 2.45) is 0 Å². The van der Waals surface area contributed by atoms with Crippen LogP contribution in [0.15, 0.2) is 4.52 Å². The average molecular weight is 223 g/mol. The summed E-state index contributed by atoms with van der Waals surface area (Å²) in [5.74, 6) is 2.05. The first-order chi connectivity index (χ1) is 7.47. The zero-order chi connectivity index (χ0) is 11.8. The molecule has 0 amide bonds. The van der Waals surface area contributed by atoms with Crippen LogP contribution in [0.2, 0.25) is 0 Å². The second-order valence-corrected chi connectivity index (χ2v) is 5.60. The van der Waals surface area contributed by atoms with Gasteiger partial charge in [-0.25, -0.2) is 0 Å². The molecular formula is C12H21N3O. The normalized spacial score (nSPS) is 20.2. The van der Waals surface area contributed by atoms with Gasteiger partial charge in [0.2, 0.25) is 5.89 Å². The molecule has 2 rings (SSSR count). The minimum Gasteiger partial charge on any atom is -0.340 e. The van der Waals surface area contributed by atoms with E-state index in [1.54, 1.807) is 0 Å². The number of nitrogens with zero attached hydrogens (tertiary/aromatic N) is 3. The number of aryl methyl sites for hydroxylation is 1. The first-order valence-corrected chi connectivity index (χ1v) is 6.02. The molecule has 1 aliphatic heterocycles. The van der Waals surface area contributed by atoms with Crippen molar-refractivity contribution >= 4 is 0 Å². The second-order valence-electron chi connectivity index (χ2n) is 5.60. The number of piperidine rings is 1. The Morgan fingerprint density at radius 2 is 1.88 bits per heavy atom. The highest BCUT2D eigenvalue weighted by molar-refractivity contribution is 4.98. The molecular weight excluding hydrogens is 202 g/mol. The fraction of sp³-hybridized carbons (Fsp3) is 0.833. The van der Waals surface area contributed by atoms with Gasteiger partial charge in [-0.1, -0.05) is 5.16 Å². The molecule has 0 spiro atoms. The van der Waals surface area contributed by atoms with E-state index in [0.717, 1.165) is 31.8 Å². The highest BCUT2D eigenvalue weighted by Gasteiger charge is 2.29. The number of likely N-dealkylation sites (tertiary alicyclic amines) is 1. The molecule has 1 aliphatic rings. The van der Waals surface area contributed by atoms with Crippen LogP contribution in [0.4, 0.5) is 0 Å². The topological polar surface area (TPSA) is 42.2 Å². The van der Waals surface area contributed by atoms with Crippen LogP contribution in [0.25, 0.3) is 0 Å². The summed E-state index contributed by atoms with van der Waals surface area (Å²) in [4.78, 5) is 6.85. The lowest BCUT2D eigenvalue weighted by Crippen LogP contribution is -2.45. The fourth-order valence-corrected chi connectivity index (χ4v) is 2.29. The minimum atomic E-state index is 0.276. The van der Waals surface area contributed by atoms with Gasteiger partial charge in [0.05, 0.1) is 0 Å². The number of rotatable bonds is 1. The molecule has 1 aromatic rings. The fourth-order valence-electron chi connectivity index (χ4n) is 2.29. The van der Waals surface area contributed by atoms with Gasteiger partial charge in [-0.05, 0) is 46.7 Å². The van der Waals surface area contributed by atoms with Crippen molar-refractivity contribution < 1.29 is 4.52 Å². The van der Waals surface area contributed by atoms with Gasteiger partial charge in [-0.3, -0.25) is 4.90 Å². The Morgan fingerprint density at radius 3 is 2.31 bits per heavy atom. The molecule has 4 nitrogen and oxygen atoms in total. The van der Waals surface area contributed by atoms with Crippen LogP contribution in [0.3, 0.4) is 0 Å². The molecule has 0 saturated carbocycles. The van der Waals surface area contributed by atoms with Crippen LogP contribution in [0.5, 0.6) is 0 Å². The summed E-state index contributed by atoms with van der Waals surface area (Å²) in [6, 6.07) is 0. The quantitative estimate of drug-likeness (QED) is 0.733. The van der Waals surface area contributed by atoms with E-state index in [1.807, 2.05) is 6.92 Å². The summed E-state index contributed by atoms with van der Waals surface area (Å²) in [5.41, 5.74) is 0.276. The van der Waals surface area contributed by atoms with Crippen molar-refractivity contribution in [2.45, 2.75) is 52.0 Å². The van der Waals surface area contributed by atoms with Crippen molar-refractivity contribution in [3.63, 3.8) is 0 Å². The maximum absolute atomic E-state index is 5.04. The van der Waals surface area contributed by atoms with Gasteiger partial charge in [-0.15, -0.1) is 0 Å². The van der Waals surface area contributed by atoms with E-state index < -0.39 is 0 Å². The number of hydrogen-bond donors (Lipinski definition) is 0. The smallest absolute Gasteiger partial charge is 0.223 e. The highest BCUT2D eigenvalue weighted by atomic mass is 16.5. The highest BCUT2D eigenvalue weighted by Crippen LogP contribution is 2.29. The molecule has 90 valence electrons. The molecule has 4 heteroatoms. The standard InChI is InChI=1S/C12H21N3O/c1-9-13-11(14-16-9)10-5-7-15(8-6-10)12(2,3)4/h10H,5-8H2,1-4H3. The first kappa shape index (κ1) is 11.6. The summed E-state index contributed by atoms with van der Waals surface area (Å²) in [6.45, 7) is 10.9. The van der Waals surface area contributed by atoms with Crippen LogP contribution in [-0.4, -0.2) is 33.7 Å². The zero-order valence-corrected chi connectivity index (χ0v) is 10.7. The molecule has 0 aromatic carbocycles. The Hall–Kier alpha value is -0.900. The Bertz CT molecular complexity index is 345. The second kappa shape index (κ2) is 4.17. The third kappa shape index (κ3) is 2.43. The van der Waals surface area contributed by atoms with Crippen LogP contribution < -0.4 is 0 Å². The summed E-state index contributed by atoms with van der Waals surface area (Å²) in [6.07, 6.45) is 2.27. The first-order valence-electron chi connectivity index (χ1n) is 6.02. The molecule has 0 bridgehead atoms. The molecule has 1 aromatic heterocycles. The number of hydrogen-bond acceptors (Lipinski definition) is 4. The van der Waals surface area contributed by atoms with Gasteiger partial charge in [0.25, 0.3) is 0 Å². The Morgan fingerprint density at radius 1 is 1.25 bits per heavy atom. The zero-order valence-electron chi connectivity index (χ0n) is 10.7. The minimum absolute atomic E-state index is 0.276. The molecule has 0 aliphatic carbocycles. The number of aromatic nitrogens is 2. The van der Waals surface area contributed by atoms with Crippen molar-refractivity contribution in [2.75, 3.05) is 13.1 Å². The van der Waals surface area contributed by atoms with Crippen LogP contribution in [-0.2, 0) is 0 Å². The van der Waals surface area contributed by atoms with E-state index >= 15 is 0 Å². The molecule has 1 saturated heterocycles. The van der Waals surface area contributed by atoms with Gasteiger partial charge >= 0.3 is 0 Å². The lowest BCUT2D eigenvalue weighted by atomic mass is 9.92. The monoisotopic (exact) mass is 223 g/mol. The molecule has 0 N–H and O–H groups in total. The van der Waals surface area contributed by atoms with E-state index in [2.05, 4.69) is 35.8 Å². The summed E-state index contributed by atoms with van der Waals surface area (Å²) < 4.78 is 5.04. The summed E-state index contributed by atoms with van der Waals surface area (Å²) in [7, 11) is 0. The Kier molecular flexibility index (Phi) is 3.02. The largest absolute Gasteiger partial charge is 0.340 e. The van der Waals surface area contributed by atoms with Gasteiger partial charge in [-0.2, -0.15) is 4.98 Å². The van der Waals surface area contributed by atoms with Crippen molar-refractivity contribution in [3.8, 4) is 0 Å². The van der Waals surface area contributed by atoms with E-state index in [-0.39, 0.29) is 5.54 Å². The maximum Gasteiger partial charge on any atom is 0.223 e. The van der Waals surface area contributed by atoms with Gasteiger partial charge in [0.15, 0.2) is 5.82 Å². The molecule has 0 unspecified atom stereocenters. The van der Waals surface area contributed by atoms with Crippen molar-refractivity contribution in [1.82, 2.24) is 15.0 Å².